The van der Waals surface area contributed by atoms with Crippen molar-refractivity contribution in [1.29, 1.82) is 0 Å². The first-order valence-corrected chi connectivity index (χ1v) is 18.4. The van der Waals surface area contributed by atoms with Crippen molar-refractivity contribution >= 4 is 49.8 Å². The van der Waals surface area contributed by atoms with E-state index < -0.39 is 0 Å². The SMILES string of the molecule is c1ccc(-c2cccc(N(c3cccc(-c4ccccc4-c4cccc5c4oc4c(-c6ccccc6)cccc45)c3)c3cccc4ccccc34)c2)cc1. The van der Waals surface area contributed by atoms with Crippen LogP contribution in [0.25, 0.3) is 77.2 Å². The monoisotopic (exact) mass is 689 g/mol. The average Bonchev–Trinajstić information content (AvgIpc) is 3.64. The summed E-state index contributed by atoms with van der Waals surface area (Å²) in [5.41, 5.74) is 14.2. The first-order chi connectivity index (χ1) is 26.8. The summed E-state index contributed by atoms with van der Waals surface area (Å²) < 4.78 is 6.87. The third-order valence-electron chi connectivity index (χ3n) is 10.5. The van der Waals surface area contributed by atoms with E-state index in [4.69, 9.17) is 4.42 Å². The number of para-hydroxylation sites is 2. The van der Waals surface area contributed by atoms with Crippen LogP contribution in [0.2, 0.25) is 0 Å². The van der Waals surface area contributed by atoms with Gasteiger partial charge in [-0.15, -0.1) is 0 Å². The minimum Gasteiger partial charge on any atom is -0.455 e. The highest BCUT2D eigenvalue weighted by molar-refractivity contribution is 6.13. The van der Waals surface area contributed by atoms with Crippen molar-refractivity contribution in [1.82, 2.24) is 0 Å². The Morgan fingerprint density at radius 3 is 1.54 bits per heavy atom. The number of hydrogen-bond donors (Lipinski definition) is 0. The molecule has 0 fully saturated rings. The molecule has 0 saturated heterocycles. The van der Waals surface area contributed by atoms with E-state index in [-0.39, 0.29) is 0 Å². The lowest BCUT2D eigenvalue weighted by molar-refractivity contribution is 0.671. The van der Waals surface area contributed by atoms with Crippen molar-refractivity contribution in [2.24, 2.45) is 0 Å². The van der Waals surface area contributed by atoms with E-state index in [1.807, 2.05) is 0 Å². The summed E-state index contributed by atoms with van der Waals surface area (Å²) in [4.78, 5) is 2.39. The molecule has 0 aliphatic carbocycles. The van der Waals surface area contributed by atoms with Crippen LogP contribution in [0.15, 0.2) is 217 Å². The number of rotatable bonds is 7. The summed E-state index contributed by atoms with van der Waals surface area (Å²) in [6.07, 6.45) is 0. The Kier molecular flexibility index (Phi) is 7.85. The second kappa shape index (κ2) is 13.4. The van der Waals surface area contributed by atoms with Crippen molar-refractivity contribution in [2.75, 3.05) is 4.90 Å². The topological polar surface area (TPSA) is 16.4 Å². The van der Waals surface area contributed by atoms with E-state index >= 15 is 0 Å². The number of furan rings is 1. The van der Waals surface area contributed by atoms with Crippen LogP contribution in [0.3, 0.4) is 0 Å². The van der Waals surface area contributed by atoms with E-state index in [1.165, 1.54) is 21.9 Å². The number of anilines is 3. The van der Waals surface area contributed by atoms with Crippen molar-refractivity contribution in [3.8, 4) is 44.5 Å². The molecule has 0 radical (unpaired) electrons. The highest BCUT2D eigenvalue weighted by Crippen LogP contribution is 2.45. The van der Waals surface area contributed by atoms with Crippen LogP contribution in [-0.2, 0) is 0 Å². The minimum absolute atomic E-state index is 0.898. The minimum atomic E-state index is 0.898. The largest absolute Gasteiger partial charge is 0.455 e. The third kappa shape index (κ3) is 5.53. The fourth-order valence-electron chi connectivity index (χ4n) is 7.95. The Morgan fingerprint density at radius 1 is 0.296 bits per heavy atom. The maximum atomic E-state index is 6.87. The van der Waals surface area contributed by atoms with Gasteiger partial charge in [0.25, 0.3) is 0 Å². The first-order valence-electron chi connectivity index (χ1n) is 18.4. The molecule has 0 aliphatic heterocycles. The Bertz CT molecular complexity index is 2940. The van der Waals surface area contributed by atoms with Crippen LogP contribution in [0, 0.1) is 0 Å². The predicted molar refractivity (Wildman–Crippen MR) is 228 cm³/mol. The van der Waals surface area contributed by atoms with E-state index in [0.29, 0.717) is 0 Å². The number of benzene rings is 9. The molecule has 10 rings (SSSR count). The lowest BCUT2D eigenvalue weighted by Crippen LogP contribution is -2.10. The van der Waals surface area contributed by atoms with Crippen molar-refractivity contribution in [2.45, 2.75) is 0 Å². The summed E-state index contributed by atoms with van der Waals surface area (Å²) in [7, 11) is 0. The third-order valence-corrected chi connectivity index (χ3v) is 10.5. The number of hydrogen-bond acceptors (Lipinski definition) is 2. The quantitative estimate of drug-likeness (QED) is 0.166. The molecule has 1 aromatic heterocycles. The average molecular weight is 690 g/mol. The lowest BCUT2D eigenvalue weighted by Gasteiger charge is -2.28. The van der Waals surface area contributed by atoms with Crippen molar-refractivity contribution in [3.05, 3.63) is 212 Å². The summed E-state index contributed by atoms with van der Waals surface area (Å²) in [6.45, 7) is 0. The standard InChI is InChI=1S/C52H35NO/c1-3-16-36(17-4-1)39-22-11-24-41(34-39)53(50-33-13-21-37-20-7-8-27-44(37)50)42-25-12-23-40(35-42)43-26-9-10-28-46(43)47-30-15-32-49-48-31-14-29-45(51(48)54-52(47)49)38-18-5-2-6-19-38/h1-35H. The molecule has 0 spiro atoms. The van der Waals surface area contributed by atoms with Gasteiger partial charge in [0.05, 0.1) is 5.69 Å². The smallest absolute Gasteiger partial charge is 0.143 e. The molecule has 10 aromatic rings. The molecule has 1 heterocycles. The van der Waals surface area contributed by atoms with Crippen molar-refractivity contribution < 1.29 is 4.42 Å². The van der Waals surface area contributed by atoms with Crippen molar-refractivity contribution in [3.63, 3.8) is 0 Å². The number of fused-ring (bicyclic) bond motifs is 4. The van der Waals surface area contributed by atoms with Gasteiger partial charge >= 0.3 is 0 Å². The van der Waals surface area contributed by atoms with Gasteiger partial charge in [0.1, 0.15) is 11.2 Å². The fraction of sp³-hybridized carbons (Fsp3) is 0. The van der Waals surface area contributed by atoms with Gasteiger partial charge in [0, 0.05) is 38.7 Å². The highest BCUT2D eigenvalue weighted by atomic mass is 16.3. The van der Waals surface area contributed by atoms with Crippen LogP contribution in [0.1, 0.15) is 0 Å². The maximum absolute atomic E-state index is 6.87. The molecular formula is C52H35NO. The lowest BCUT2D eigenvalue weighted by atomic mass is 9.93. The molecule has 2 heteroatoms. The van der Waals surface area contributed by atoms with Crippen LogP contribution < -0.4 is 4.90 Å². The van der Waals surface area contributed by atoms with E-state index in [9.17, 15) is 0 Å². The second-order valence-electron chi connectivity index (χ2n) is 13.7. The van der Waals surface area contributed by atoms with E-state index in [1.54, 1.807) is 0 Å². The summed E-state index contributed by atoms with van der Waals surface area (Å²) in [6, 6.07) is 75.7. The Balaban J connectivity index is 1.14. The maximum Gasteiger partial charge on any atom is 0.143 e. The van der Waals surface area contributed by atoms with Gasteiger partial charge in [0.15, 0.2) is 0 Å². The van der Waals surface area contributed by atoms with Gasteiger partial charge in [0.2, 0.25) is 0 Å². The number of nitrogens with zero attached hydrogens (tertiary/aromatic N) is 1. The van der Waals surface area contributed by atoms with Crippen LogP contribution >= 0.6 is 0 Å². The molecule has 254 valence electrons. The molecule has 0 atom stereocenters. The van der Waals surface area contributed by atoms with Gasteiger partial charge in [-0.25, -0.2) is 0 Å². The highest BCUT2D eigenvalue weighted by Gasteiger charge is 2.20. The molecule has 0 aliphatic rings. The molecule has 0 N–H and O–H groups in total. The van der Waals surface area contributed by atoms with Gasteiger partial charge < -0.3 is 9.32 Å². The first kappa shape index (κ1) is 31.6. The van der Waals surface area contributed by atoms with Gasteiger partial charge in [-0.3, -0.25) is 0 Å². The summed E-state index contributed by atoms with van der Waals surface area (Å²) in [5, 5.41) is 4.64. The fourth-order valence-corrected chi connectivity index (χ4v) is 7.95. The van der Waals surface area contributed by atoms with E-state index in [0.717, 1.165) is 72.4 Å². The zero-order valence-electron chi connectivity index (χ0n) is 29.6. The van der Waals surface area contributed by atoms with Crippen LogP contribution in [-0.4, -0.2) is 0 Å². The Labute approximate surface area is 314 Å². The zero-order chi connectivity index (χ0) is 35.8. The van der Waals surface area contributed by atoms with Gasteiger partial charge in [-0.05, 0) is 69.1 Å². The Morgan fingerprint density at radius 2 is 0.778 bits per heavy atom. The zero-order valence-corrected chi connectivity index (χ0v) is 29.6. The molecule has 0 amide bonds. The van der Waals surface area contributed by atoms with Crippen LogP contribution in [0.4, 0.5) is 17.1 Å². The second-order valence-corrected chi connectivity index (χ2v) is 13.7. The molecule has 54 heavy (non-hydrogen) atoms. The molecule has 0 bridgehead atoms. The normalized spacial score (nSPS) is 11.3. The molecular weight excluding hydrogens is 655 g/mol. The van der Waals surface area contributed by atoms with E-state index in [2.05, 4.69) is 217 Å². The molecule has 0 saturated carbocycles. The van der Waals surface area contributed by atoms with Gasteiger partial charge in [-0.1, -0.05) is 182 Å². The Hall–Kier alpha value is -7.16. The molecule has 9 aromatic carbocycles. The molecule has 0 unspecified atom stereocenters. The summed E-state index contributed by atoms with van der Waals surface area (Å²) in [5.74, 6) is 0. The van der Waals surface area contributed by atoms with Crippen LogP contribution in [0.5, 0.6) is 0 Å². The predicted octanol–water partition coefficient (Wildman–Crippen LogP) is 14.9. The van der Waals surface area contributed by atoms with Gasteiger partial charge in [-0.2, -0.15) is 0 Å². The molecule has 2 nitrogen and oxygen atoms in total. The summed E-state index contributed by atoms with van der Waals surface area (Å²) >= 11 is 0.